The lowest BCUT2D eigenvalue weighted by atomic mass is 10.3. The molecule has 0 unspecified atom stereocenters. The third-order valence-corrected chi connectivity index (χ3v) is 2.94. The van der Waals surface area contributed by atoms with E-state index in [0.29, 0.717) is 5.92 Å². The predicted molar refractivity (Wildman–Crippen MR) is 51.5 cm³/mol. The lowest BCUT2D eigenvalue weighted by Gasteiger charge is -1.99. The third kappa shape index (κ3) is 1.52. The van der Waals surface area contributed by atoms with E-state index in [1.165, 1.54) is 12.8 Å². The largest absolute Gasteiger partial charge is 0.240 e. The van der Waals surface area contributed by atoms with Gasteiger partial charge in [-0.15, -0.1) is 0 Å². The van der Waals surface area contributed by atoms with E-state index in [4.69, 9.17) is 0 Å². The third-order valence-electron chi connectivity index (χ3n) is 1.88. The van der Waals surface area contributed by atoms with E-state index in [1.807, 2.05) is 13.1 Å². The second-order valence-electron chi connectivity index (χ2n) is 2.94. The van der Waals surface area contributed by atoms with Crippen LogP contribution in [0.5, 0.6) is 0 Å². The second kappa shape index (κ2) is 2.69. The van der Waals surface area contributed by atoms with E-state index in [-0.39, 0.29) is 0 Å². The summed E-state index contributed by atoms with van der Waals surface area (Å²) >= 11 is 2.26. The topological polar surface area (TPSA) is 25.8 Å². The molecule has 0 N–H and O–H groups in total. The average molecular weight is 260 g/mol. The van der Waals surface area contributed by atoms with E-state index < -0.39 is 0 Å². The maximum atomic E-state index is 4.42. The molecule has 0 bridgehead atoms. The van der Waals surface area contributed by atoms with Crippen LogP contribution in [0.15, 0.2) is 6.20 Å². The van der Waals surface area contributed by atoms with Gasteiger partial charge in [0.15, 0.2) is 0 Å². The van der Waals surface area contributed by atoms with Gasteiger partial charge in [0.25, 0.3) is 0 Å². The normalized spacial score (nSPS) is 16.9. The highest BCUT2D eigenvalue weighted by Gasteiger charge is 2.26. The molecule has 1 aromatic rings. The lowest BCUT2D eigenvalue weighted by Crippen LogP contribution is -1.96. The molecule has 3 heteroatoms. The van der Waals surface area contributed by atoms with Gasteiger partial charge < -0.3 is 0 Å². The number of hydrogen-bond acceptors (Lipinski definition) is 2. The molecule has 1 heterocycles. The minimum atomic E-state index is 0.672. The lowest BCUT2D eigenvalue weighted by molar-refractivity contribution is 0.898. The molecular weight excluding hydrogens is 251 g/mol. The fourth-order valence-electron chi connectivity index (χ4n) is 1.01. The summed E-state index contributed by atoms with van der Waals surface area (Å²) < 4.78 is 1.16. The molecule has 0 atom stereocenters. The first kappa shape index (κ1) is 7.46. The van der Waals surface area contributed by atoms with Crippen molar-refractivity contribution in [2.75, 3.05) is 0 Å². The van der Waals surface area contributed by atoms with E-state index in [9.17, 15) is 0 Å². The molecule has 1 fully saturated rings. The highest BCUT2D eigenvalue weighted by atomic mass is 127. The summed E-state index contributed by atoms with van der Waals surface area (Å²) in [6.45, 7) is 2.04. The molecular formula is C8H9IN2. The van der Waals surface area contributed by atoms with Crippen LogP contribution in [0, 0.1) is 10.5 Å². The van der Waals surface area contributed by atoms with Crippen molar-refractivity contribution in [2.24, 2.45) is 0 Å². The van der Waals surface area contributed by atoms with Gasteiger partial charge >= 0.3 is 0 Å². The first-order valence-electron chi connectivity index (χ1n) is 3.76. The van der Waals surface area contributed by atoms with E-state index >= 15 is 0 Å². The molecule has 58 valence electrons. The van der Waals surface area contributed by atoms with Crippen LogP contribution in [0.1, 0.15) is 30.3 Å². The Hall–Kier alpha value is -0.190. The monoisotopic (exact) mass is 260 g/mol. The standard InChI is InChI=1S/C8H9IN2/c1-5-7(9)4-10-8(11-5)6-2-3-6/h4,6H,2-3H2,1H3. The Morgan fingerprint density at radius 1 is 1.55 bits per heavy atom. The quantitative estimate of drug-likeness (QED) is 0.724. The van der Waals surface area contributed by atoms with E-state index in [1.54, 1.807) is 0 Å². The molecule has 11 heavy (non-hydrogen) atoms. The number of aryl methyl sites for hydroxylation is 1. The molecule has 0 amide bonds. The summed E-state index contributed by atoms with van der Waals surface area (Å²) in [5.74, 6) is 1.72. The number of hydrogen-bond donors (Lipinski definition) is 0. The maximum Gasteiger partial charge on any atom is 0.131 e. The second-order valence-corrected chi connectivity index (χ2v) is 4.10. The predicted octanol–water partition coefficient (Wildman–Crippen LogP) is 2.27. The van der Waals surface area contributed by atoms with Crippen molar-refractivity contribution in [1.82, 2.24) is 9.97 Å². The molecule has 0 spiro atoms. The Labute approximate surface area is 79.6 Å². The average Bonchev–Trinajstić information content (AvgIpc) is 2.77. The summed E-state index contributed by atoms with van der Waals surface area (Å²) in [5, 5.41) is 0. The Balaban J connectivity index is 2.36. The van der Waals surface area contributed by atoms with Gasteiger partial charge in [-0.2, -0.15) is 0 Å². The molecule has 0 aromatic carbocycles. The van der Waals surface area contributed by atoms with Crippen molar-refractivity contribution in [3.63, 3.8) is 0 Å². The molecule has 1 aromatic heterocycles. The fraction of sp³-hybridized carbons (Fsp3) is 0.500. The Morgan fingerprint density at radius 2 is 2.27 bits per heavy atom. The van der Waals surface area contributed by atoms with Crippen LogP contribution in [-0.4, -0.2) is 9.97 Å². The van der Waals surface area contributed by atoms with Gasteiger partial charge in [0.2, 0.25) is 0 Å². The number of halogens is 1. The number of nitrogens with zero attached hydrogens (tertiary/aromatic N) is 2. The highest BCUT2D eigenvalue weighted by molar-refractivity contribution is 14.1. The molecule has 0 radical (unpaired) electrons. The van der Waals surface area contributed by atoms with E-state index in [2.05, 4.69) is 32.6 Å². The van der Waals surface area contributed by atoms with Crippen molar-refractivity contribution in [3.8, 4) is 0 Å². The van der Waals surface area contributed by atoms with Crippen LogP contribution in [-0.2, 0) is 0 Å². The van der Waals surface area contributed by atoms with Crippen LogP contribution in [0.25, 0.3) is 0 Å². The zero-order chi connectivity index (χ0) is 7.84. The molecule has 2 nitrogen and oxygen atoms in total. The van der Waals surface area contributed by atoms with Crippen LogP contribution < -0.4 is 0 Å². The SMILES string of the molecule is Cc1nc(C2CC2)ncc1I. The van der Waals surface area contributed by atoms with Crippen molar-refractivity contribution in [1.29, 1.82) is 0 Å². The van der Waals surface area contributed by atoms with Gasteiger partial charge in [0.1, 0.15) is 5.82 Å². The van der Waals surface area contributed by atoms with Gasteiger partial charge in [-0.05, 0) is 42.4 Å². The van der Waals surface area contributed by atoms with E-state index in [0.717, 1.165) is 15.1 Å². The summed E-state index contributed by atoms with van der Waals surface area (Å²) in [6, 6.07) is 0. The van der Waals surface area contributed by atoms with Gasteiger partial charge in [0.05, 0.1) is 9.26 Å². The number of rotatable bonds is 1. The molecule has 1 aliphatic rings. The summed E-state index contributed by atoms with van der Waals surface area (Å²) in [6.07, 6.45) is 4.47. The smallest absolute Gasteiger partial charge is 0.131 e. The minimum absolute atomic E-state index is 0.672. The molecule has 1 saturated carbocycles. The Bertz CT molecular complexity index is 281. The van der Waals surface area contributed by atoms with Crippen LogP contribution in [0.2, 0.25) is 0 Å². The highest BCUT2D eigenvalue weighted by Crippen LogP contribution is 2.37. The van der Waals surface area contributed by atoms with Gasteiger partial charge in [-0.1, -0.05) is 0 Å². The molecule has 2 rings (SSSR count). The Kier molecular flexibility index (Phi) is 1.83. The maximum absolute atomic E-state index is 4.42. The van der Waals surface area contributed by atoms with Gasteiger partial charge in [-0.3, -0.25) is 0 Å². The van der Waals surface area contributed by atoms with Crippen LogP contribution >= 0.6 is 22.6 Å². The first-order chi connectivity index (χ1) is 5.27. The van der Waals surface area contributed by atoms with Crippen LogP contribution in [0.4, 0.5) is 0 Å². The van der Waals surface area contributed by atoms with Crippen molar-refractivity contribution in [3.05, 3.63) is 21.3 Å². The molecule has 0 aliphatic heterocycles. The van der Waals surface area contributed by atoms with Crippen LogP contribution in [0.3, 0.4) is 0 Å². The summed E-state index contributed by atoms with van der Waals surface area (Å²) in [7, 11) is 0. The molecule has 1 aliphatic carbocycles. The van der Waals surface area contributed by atoms with Gasteiger partial charge in [-0.25, -0.2) is 9.97 Å². The zero-order valence-electron chi connectivity index (χ0n) is 6.34. The fourth-order valence-corrected chi connectivity index (χ4v) is 1.27. The zero-order valence-corrected chi connectivity index (χ0v) is 8.50. The van der Waals surface area contributed by atoms with Crippen molar-refractivity contribution in [2.45, 2.75) is 25.7 Å². The molecule has 0 saturated heterocycles. The Morgan fingerprint density at radius 3 is 2.82 bits per heavy atom. The summed E-state index contributed by atoms with van der Waals surface area (Å²) in [4.78, 5) is 8.70. The summed E-state index contributed by atoms with van der Waals surface area (Å²) in [5.41, 5.74) is 1.11. The van der Waals surface area contributed by atoms with Crippen molar-refractivity contribution >= 4 is 22.6 Å². The van der Waals surface area contributed by atoms with Crippen molar-refractivity contribution < 1.29 is 0 Å². The number of aromatic nitrogens is 2. The van der Waals surface area contributed by atoms with Gasteiger partial charge in [0, 0.05) is 12.1 Å². The first-order valence-corrected chi connectivity index (χ1v) is 4.84. The minimum Gasteiger partial charge on any atom is -0.240 e.